The van der Waals surface area contributed by atoms with E-state index in [1.807, 2.05) is 0 Å². The first kappa shape index (κ1) is 71.6. The number of carbonyl (C=O) groups excluding carboxylic acids is 12. The van der Waals surface area contributed by atoms with E-state index in [0.717, 1.165) is 32.6 Å². The summed E-state index contributed by atoms with van der Waals surface area (Å²) < 4.78 is 0. The Kier molecular flexibility index (Phi) is 34.9. The zero-order chi connectivity index (χ0) is 60.5. The van der Waals surface area contributed by atoms with Crippen molar-refractivity contribution in [3.63, 3.8) is 0 Å². The molecule has 1 aliphatic heterocycles. The zero-order valence-corrected chi connectivity index (χ0v) is 47.0. The molecule has 0 aromatic carbocycles. The molecule has 0 aliphatic carbocycles. The predicted octanol–water partition coefficient (Wildman–Crippen LogP) is -7.14. The van der Waals surface area contributed by atoms with Crippen LogP contribution in [0.3, 0.4) is 0 Å². The summed E-state index contributed by atoms with van der Waals surface area (Å²) in [5.74, 6) is -10.8. The third-order valence-corrected chi connectivity index (χ3v) is 12.6. The van der Waals surface area contributed by atoms with Gasteiger partial charge in [0.05, 0.1) is 25.2 Å². The lowest BCUT2D eigenvalue weighted by Crippen LogP contribution is -2.61. The van der Waals surface area contributed by atoms with Gasteiger partial charge in [-0.05, 0) is 104 Å². The second kappa shape index (κ2) is 39.0. The van der Waals surface area contributed by atoms with Crippen LogP contribution in [0.1, 0.15) is 125 Å². The number of nitrogens with two attached hydrogens (primary N) is 5. The molecule has 1 saturated heterocycles. The molecule has 1 aliphatic rings. The second-order valence-corrected chi connectivity index (χ2v) is 20.2. The van der Waals surface area contributed by atoms with Crippen molar-refractivity contribution in [1.82, 2.24) is 58.5 Å². The Labute approximate surface area is 467 Å². The van der Waals surface area contributed by atoms with E-state index in [0.29, 0.717) is 6.42 Å². The zero-order valence-electron chi connectivity index (χ0n) is 47.0. The fourth-order valence-corrected chi connectivity index (χ4v) is 8.24. The predicted molar refractivity (Wildman–Crippen MR) is 292 cm³/mol. The summed E-state index contributed by atoms with van der Waals surface area (Å²) in [6.45, 7) is 5.97. The number of hydrogen-bond acceptors (Lipinski definition) is 19. The van der Waals surface area contributed by atoms with Crippen LogP contribution in [0.5, 0.6) is 0 Å². The van der Waals surface area contributed by atoms with Gasteiger partial charge in [0.1, 0.15) is 60.2 Å². The molecule has 0 bridgehead atoms. The monoisotopic (exact) mass is 1140 g/mol. The second-order valence-electron chi connectivity index (χ2n) is 20.2. The van der Waals surface area contributed by atoms with Crippen LogP contribution in [0.25, 0.3) is 0 Å². The number of nitrogens with one attached hydrogen (secondary N) is 11. The van der Waals surface area contributed by atoms with Gasteiger partial charge in [-0.2, -0.15) is 0 Å². The number of hydrogen-bond donors (Lipinski definition) is 18. The normalized spacial score (nSPS) is 22.2. The Bertz CT molecular complexity index is 2050. The van der Waals surface area contributed by atoms with E-state index >= 15 is 0 Å². The van der Waals surface area contributed by atoms with Crippen LogP contribution in [0.2, 0.25) is 0 Å². The van der Waals surface area contributed by atoms with Crippen molar-refractivity contribution >= 4 is 70.8 Å². The summed E-state index contributed by atoms with van der Waals surface area (Å²) in [6.07, 6.45) is -0.414. The molecule has 0 aromatic heterocycles. The Morgan fingerprint density at radius 1 is 0.575 bits per heavy atom. The minimum absolute atomic E-state index is 0.0663. The highest BCUT2D eigenvalue weighted by atomic mass is 16.3. The molecule has 30 nitrogen and oxygen atoms in total. The fraction of sp³-hybridized carbons (Fsp3) is 0.760. The highest BCUT2D eigenvalue weighted by molar-refractivity contribution is 6.01. The largest absolute Gasteiger partial charge is 0.391 e. The van der Waals surface area contributed by atoms with Crippen LogP contribution in [0.15, 0.2) is 0 Å². The minimum Gasteiger partial charge on any atom is -0.391 e. The summed E-state index contributed by atoms with van der Waals surface area (Å²) >= 11 is 0. The van der Waals surface area contributed by atoms with Crippen molar-refractivity contribution < 1.29 is 67.7 Å². The van der Waals surface area contributed by atoms with E-state index in [1.54, 1.807) is 13.8 Å². The van der Waals surface area contributed by atoms with Crippen LogP contribution in [0, 0.1) is 5.92 Å². The summed E-state index contributed by atoms with van der Waals surface area (Å²) in [5, 5.41) is 48.3. The topological polar surface area (TPSA) is 508 Å². The minimum atomic E-state index is -1.76. The van der Waals surface area contributed by atoms with E-state index in [4.69, 9.17) is 28.7 Å². The molecule has 0 radical (unpaired) electrons. The van der Waals surface area contributed by atoms with E-state index < -0.39 is 157 Å². The van der Waals surface area contributed by atoms with Gasteiger partial charge in [-0.1, -0.05) is 46.5 Å². The number of Topliss-reactive ketones (excluding diaryl/α,β-unsaturated/α-hetero) is 1. The maximum absolute atomic E-state index is 14.2. The van der Waals surface area contributed by atoms with Crippen LogP contribution in [-0.4, -0.2) is 193 Å². The van der Waals surface area contributed by atoms with Crippen LogP contribution in [-0.2, 0) is 57.5 Å². The Hall–Kier alpha value is -6.44. The summed E-state index contributed by atoms with van der Waals surface area (Å²) in [7, 11) is 0. The lowest BCUT2D eigenvalue weighted by Gasteiger charge is -2.28. The molecule has 1 rings (SSSR count). The molecule has 0 unspecified atom stereocenters. The third kappa shape index (κ3) is 27.1. The molecule has 11 atom stereocenters. The van der Waals surface area contributed by atoms with Crippen molar-refractivity contribution in [3.05, 3.63) is 0 Å². The molecular weight excluding hydrogens is 1050 g/mol. The molecule has 30 heteroatoms. The molecular formula is C50H92N16O14. The van der Waals surface area contributed by atoms with Gasteiger partial charge in [0, 0.05) is 13.0 Å². The third-order valence-electron chi connectivity index (χ3n) is 12.6. The highest BCUT2D eigenvalue weighted by Gasteiger charge is 2.36. The van der Waals surface area contributed by atoms with Gasteiger partial charge in [-0.3, -0.25) is 57.5 Å². The van der Waals surface area contributed by atoms with E-state index in [9.17, 15) is 67.7 Å². The standard InChI is InChI=1S/C50H92N16O14/c1-6-7-8-9-10-11-30(69)25-38(70)58-32(13-19-52)46(76)66-41(29(5)68)50(80)64-34(15-21-54)44(74)63-36-17-23-56-49(79)40(28(4)67)65-47(77)35(16-22-55)61-43(73)33(14-20-53)62-48(78)37(24-27(2)3)59-39(71)26-57-42(72)31(12-18-51)60-45(36)75/h27-29,31-37,40-41,67-68H,6-26,51-55H2,1-5H3,(H,56,79)(H,57,72)(H,58,70)(H,59,71)(H,60,75)(H,61,73)(H,62,78)(H,63,74)(H,64,80)(H,65,77)(H,66,76)/t28-,29-,31+,32+,33+,34+,35+,36+,37+,40+,41+/m1/s1. The SMILES string of the molecule is CCCCCCCC(=O)CC(=O)N[C@@H](CCN)C(=O)N[C@H](C(=O)N[C@@H](CCN)C(=O)N[C@H]1CCNC(=O)[C@H]([C@@H](C)O)NC(=O)[C@H](CCN)NC(=O)[C@H](CCN)NC(=O)[C@H](CC(C)C)NC(=O)CNC(=O)[C@H](CCN)NC1=O)[C@@H](C)O. The van der Waals surface area contributed by atoms with Gasteiger partial charge in [0.25, 0.3) is 0 Å². The van der Waals surface area contributed by atoms with E-state index in [-0.39, 0.29) is 89.4 Å². The molecule has 0 spiro atoms. The number of unbranched alkanes of at least 4 members (excludes halogenated alkanes) is 4. The summed E-state index contributed by atoms with van der Waals surface area (Å²) in [4.78, 5) is 162. The van der Waals surface area contributed by atoms with Crippen molar-refractivity contribution in [3.8, 4) is 0 Å². The van der Waals surface area contributed by atoms with Crippen molar-refractivity contribution in [2.75, 3.05) is 45.8 Å². The molecule has 1 fully saturated rings. The summed E-state index contributed by atoms with van der Waals surface area (Å²) in [5.41, 5.74) is 28.9. The maximum Gasteiger partial charge on any atom is 0.245 e. The van der Waals surface area contributed by atoms with Crippen LogP contribution in [0.4, 0.5) is 0 Å². The quantitative estimate of drug-likeness (QED) is 0.0244. The number of carbonyl (C=O) groups is 12. The van der Waals surface area contributed by atoms with Crippen molar-refractivity contribution in [2.24, 2.45) is 34.6 Å². The van der Waals surface area contributed by atoms with Gasteiger partial charge in [-0.15, -0.1) is 0 Å². The van der Waals surface area contributed by atoms with Gasteiger partial charge >= 0.3 is 0 Å². The molecule has 456 valence electrons. The summed E-state index contributed by atoms with van der Waals surface area (Å²) in [6, 6.07) is -13.5. The first-order chi connectivity index (χ1) is 37.9. The van der Waals surface area contributed by atoms with Gasteiger partial charge in [0.2, 0.25) is 65.0 Å². The molecule has 0 saturated carbocycles. The van der Waals surface area contributed by atoms with Gasteiger partial charge < -0.3 is 97.4 Å². The first-order valence-electron chi connectivity index (χ1n) is 27.5. The number of aliphatic hydroxyl groups is 2. The number of ketones is 1. The molecule has 0 aromatic rings. The fourth-order valence-electron chi connectivity index (χ4n) is 8.24. The van der Waals surface area contributed by atoms with Crippen LogP contribution < -0.4 is 87.2 Å². The Morgan fingerprint density at radius 2 is 1.10 bits per heavy atom. The average Bonchev–Trinajstić information content (AvgIpc) is 3.38. The van der Waals surface area contributed by atoms with Crippen LogP contribution >= 0.6 is 0 Å². The van der Waals surface area contributed by atoms with E-state index in [2.05, 4.69) is 65.4 Å². The van der Waals surface area contributed by atoms with Gasteiger partial charge in [0.15, 0.2) is 0 Å². The Morgan fingerprint density at radius 3 is 1.62 bits per heavy atom. The smallest absolute Gasteiger partial charge is 0.245 e. The van der Waals surface area contributed by atoms with Crippen molar-refractivity contribution in [1.29, 1.82) is 0 Å². The first-order valence-corrected chi connectivity index (χ1v) is 27.5. The van der Waals surface area contributed by atoms with Gasteiger partial charge in [-0.25, -0.2) is 0 Å². The highest BCUT2D eigenvalue weighted by Crippen LogP contribution is 2.10. The number of aliphatic hydroxyl groups excluding tert-OH is 2. The van der Waals surface area contributed by atoms with E-state index in [1.165, 1.54) is 6.92 Å². The lowest BCUT2D eigenvalue weighted by atomic mass is 10.0. The molecule has 1 heterocycles. The number of amides is 11. The lowest BCUT2D eigenvalue weighted by molar-refractivity contribution is -0.137. The van der Waals surface area contributed by atoms with Crippen molar-refractivity contribution in [2.45, 2.75) is 191 Å². The molecule has 11 amide bonds. The molecule has 23 N–H and O–H groups in total. The molecule has 80 heavy (non-hydrogen) atoms. The average molecular weight is 1140 g/mol. The Balaban J connectivity index is 3.62. The maximum atomic E-state index is 14.2. The number of rotatable bonds is 29.